The number of nitrogens with zero attached hydrogens (tertiary/aromatic N) is 3. The average molecular weight is 327 g/mol. The summed E-state index contributed by atoms with van der Waals surface area (Å²) in [5.74, 6) is 3.71. The monoisotopic (exact) mass is 327 g/mol. The highest BCUT2D eigenvalue weighted by molar-refractivity contribution is 5.44. The van der Waals surface area contributed by atoms with Crippen molar-refractivity contribution in [2.45, 2.75) is 45.2 Å². The van der Waals surface area contributed by atoms with Crippen molar-refractivity contribution in [3.8, 4) is 11.6 Å². The number of aryl methyl sites for hydroxylation is 1. The van der Waals surface area contributed by atoms with Crippen molar-refractivity contribution in [3.63, 3.8) is 0 Å². The van der Waals surface area contributed by atoms with Gasteiger partial charge in [0.2, 0.25) is 11.7 Å². The number of rotatable bonds is 4. The van der Waals surface area contributed by atoms with Gasteiger partial charge >= 0.3 is 0 Å². The molecule has 6 nitrogen and oxygen atoms in total. The molecular formula is C18H21N3O3. The molecule has 0 bridgehead atoms. The summed E-state index contributed by atoms with van der Waals surface area (Å²) in [6, 6.07) is 8.02. The molecule has 6 heteroatoms. The fourth-order valence-electron chi connectivity index (χ4n) is 3.31. The first kappa shape index (κ1) is 15.2. The molecule has 0 amide bonds. The first-order valence-electron chi connectivity index (χ1n) is 8.46. The van der Waals surface area contributed by atoms with Gasteiger partial charge in [-0.15, -0.1) is 0 Å². The van der Waals surface area contributed by atoms with E-state index in [9.17, 15) is 0 Å². The lowest BCUT2D eigenvalue weighted by atomic mass is 10.1. The smallest absolute Gasteiger partial charge is 0.241 e. The molecule has 0 saturated carbocycles. The third kappa shape index (κ3) is 3.14. The van der Waals surface area contributed by atoms with Gasteiger partial charge in [0.15, 0.2) is 5.76 Å². The number of hydrogen-bond acceptors (Lipinski definition) is 6. The van der Waals surface area contributed by atoms with Gasteiger partial charge in [0.25, 0.3) is 0 Å². The van der Waals surface area contributed by atoms with Crippen molar-refractivity contribution in [3.05, 3.63) is 47.9 Å². The highest BCUT2D eigenvalue weighted by atomic mass is 16.5. The summed E-state index contributed by atoms with van der Waals surface area (Å²) in [4.78, 5) is 6.85. The second kappa shape index (κ2) is 6.65. The summed E-state index contributed by atoms with van der Waals surface area (Å²) in [5.41, 5.74) is 0. The fourth-order valence-corrected chi connectivity index (χ4v) is 3.31. The van der Waals surface area contributed by atoms with Crippen LogP contribution in [0, 0.1) is 6.92 Å². The Balaban J connectivity index is 1.54. The third-order valence-corrected chi connectivity index (χ3v) is 4.50. The highest BCUT2D eigenvalue weighted by Crippen LogP contribution is 2.32. The van der Waals surface area contributed by atoms with Crippen LogP contribution in [0.3, 0.4) is 0 Å². The molecule has 0 radical (unpaired) electrons. The molecule has 1 unspecified atom stereocenters. The van der Waals surface area contributed by atoms with Crippen molar-refractivity contribution in [2.24, 2.45) is 0 Å². The van der Waals surface area contributed by atoms with Gasteiger partial charge < -0.3 is 13.4 Å². The van der Waals surface area contributed by atoms with E-state index in [1.54, 1.807) is 6.26 Å². The SMILES string of the molecule is Cc1ccc(C2CCCCCN2Cc2nc(-c3ccco3)no2)o1. The van der Waals surface area contributed by atoms with Crippen LogP contribution in [0.4, 0.5) is 0 Å². The topological polar surface area (TPSA) is 68.4 Å². The van der Waals surface area contributed by atoms with Crippen LogP contribution in [-0.4, -0.2) is 21.6 Å². The predicted molar refractivity (Wildman–Crippen MR) is 87.1 cm³/mol. The zero-order valence-corrected chi connectivity index (χ0v) is 13.8. The molecule has 4 rings (SSSR count). The van der Waals surface area contributed by atoms with Gasteiger partial charge in [0.05, 0.1) is 18.8 Å². The second-order valence-corrected chi connectivity index (χ2v) is 6.27. The zero-order valence-electron chi connectivity index (χ0n) is 13.8. The lowest BCUT2D eigenvalue weighted by molar-refractivity contribution is 0.149. The van der Waals surface area contributed by atoms with Gasteiger partial charge in [-0.1, -0.05) is 18.0 Å². The Morgan fingerprint density at radius 1 is 1.21 bits per heavy atom. The van der Waals surface area contributed by atoms with E-state index < -0.39 is 0 Å². The summed E-state index contributed by atoms with van der Waals surface area (Å²) < 4.78 is 16.6. The van der Waals surface area contributed by atoms with E-state index in [1.165, 1.54) is 19.3 Å². The maximum absolute atomic E-state index is 5.89. The maximum atomic E-state index is 5.89. The van der Waals surface area contributed by atoms with Crippen LogP contribution < -0.4 is 0 Å². The van der Waals surface area contributed by atoms with Gasteiger partial charge in [0.1, 0.15) is 11.5 Å². The molecule has 0 N–H and O–H groups in total. The maximum Gasteiger partial charge on any atom is 0.241 e. The Hall–Kier alpha value is -2.34. The average Bonchev–Trinajstić information content (AvgIpc) is 3.29. The van der Waals surface area contributed by atoms with E-state index in [4.69, 9.17) is 13.4 Å². The lowest BCUT2D eigenvalue weighted by Gasteiger charge is -2.26. The summed E-state index contributed by atoms with van der Waals surface area (Å²) in [5, 5.41) is 4.02. The van der Waals surface area contributed by atoms with Crippen molar-refractivity contribution in [1.29, 1.82) is 0 Å². The number of likely N-dealkylation sites (tertiary alicyclic amines) is 1. The fraction of sp³-hybridized carbons (Fsp3) is 0.444. The molecule has 0 spiro atoms. The van der Waals surface area contributed by atoms with Gasteiger partial charge in [-0.05, 0) is 50.6 Å². The van der Waals surface area contributed by atoms with Gasteiger partial charge in [-0.2, -0.15) is 4.98 Å². The van der Waals surface area contributed by atoms with Crippen LogP contribution in [0.1, 0.15) is 49.1 Å². The van der Waals surface area contributed by atoms with Crippen molar-refractivity contribution in [2.75, 3.05) is 6.54 Å². The van der Waals surface area contributed by atoms with E-state index in [1.807, 2.05) is 25.1 Å². The molecule has 1 atom stereocenters. The Bertz CT molecular complexity index is 775. The van der Waals surface area contributed by atoms with Crippen LogP contribution >= 0.6 is 0 Å². The minimum Gasteiger partial charge on any atom is -0.465 e. The molecule has 1 saturated heterocycles. The third-order valence-electron chi connectivity index (χ3n) is 4.50. The van der Waals surface area contributed by atoms with Crippen LogP contribution in [0.15, 0.2) is 43.9 Å². The summed E-state index contributed by atoms with van der Waals surface area (Å²) >= 11 is 0. The van der Waals surface area contributed by atoms with E-state index in [-0.39, 0.29) is 6.04 Å². The van der Waals surface area contributed by atoms with Crippen molar-refractivity contribution >= 4 is 0 Å². The van der Waals surface area contributed by atoms with Crippen LogP contribution in [-0.2, 0) is 6.54 Å². The first-order chi connectivity index (χ1) is 11.8. The van der Waals surface area contributed by atoms with Crippen LogP contribution in [0.5, 0.6) is 0 Å². The lowest BCUT2D eigenvalue weighted by Crippen LogP contribution is -2.28. The van der Waals surface area contributed by atoms with Crippen molar-refractivity contribution < 1.29 is 13.4 Å². The van der Waals surface area contributed by atoms with Crippen LogP contribution in [0.25, 0.3) is 11.6 Å². The molecule has 1 fully saturated rings. The molecule has 126 valence electrons. The summed E-state index contributed by atoms with van der Waals surface area (Å²) in [7, 11) is 0. The standard InChI is InChI=1S/C18H21N3O3/c1-13-8-9-15(23-13)14-6-3-2-4-10-21(14)12-17-19-18(20-24-17)16-7-5-11-22-16/h5,7-9,11,14H,2-4,6,10,12H2,1H3. The number of aromatic nitrogens is 2. The van der Waals surface area contributed by atoms with Gasteiger partial charge in [-0.25, -0.2) is 0 Å². The molecule has 1 aliphatic rings. The molecule has 1 aliphatic heterocycles. The van der Waals surface area contributed by atoms with Gasteiger partial charge in [-0.3, -0.25) is 4.90 Å². The molecule has 4 heterocycles. The van der Waals surface area contributed by atoms with E-state index >= 15 is 0 Å². The highest BCUT2D eigenvalue weighted by Gasteiger charge is 2.27. The molecule has 0 aromatic carbocycles. The van der Waals surface area contributed by atoms with Crippen LogP contribution in [0.2, 0.25) is 0 Å². The Morgan fingerprint density at radius 3 is 2.96 bits per heavy atom. The van der Waals surface area contributed by atoms with E-state index in [0.717, 1.165) is 24.5 Å². The van der Waals surface area contributed by atoms with Crippen molar-refractivity contribution in [1.82, 2.24) is 15.0 Å². The summed E-state index contributed by atoms with van der Waals surface area (Å²) in [6.45, 7) is 3.61. The normalized spacial score (nSPS) is 19.5. The van der Waals surface area contributed by atoms with E-state index in [0.29, 0.717) is 24.0 Å². The summed E-state index contributed by atoms with van der Waals surface area (Å²) in [6.07, 6.45) is 6.33. The molecule has 24 heavy (non-hydrogen) atoms. The molecular weight excluding hydrogens is 306 g/mol. The minimum absolute atomic E-state index is 0.264. The minimum atomic E-state index is 0.264. The largest absolute Gasteiger partial charge is 0.465 e. The Morgan fingerprint density at radius 2 is 2.17 bits per heavy atom. The first-order valence-corrected chi connectivity index (χ1v) is 8.46. The number of hydrogen-bond donors (Lipinski definition) is 0. The molecule has 3 aromatic rings. The van der Waals surface area contributed by atoms with E-state index in [2.05, 4.69) is 21.1 Å². The predicted octanol–water partition coefficient (Wildman–Crippen LogP) is 4.35. The zero-order chi connectivity index (χ0) is 16.4. The Kier molecular flexibility index (Phi) is 4.21. The molecule has 3 aromatic heterocycles. The second-order valence-electron chi connectivity index (χ2n) is 6.27. The Labute approximate surface area is 140 Å². The number of furan rings is 2. The molecule has 0 aliphatic carbocycles. The quantitative estimate of drug-likeness (QED) is 0.709. The van der Waals surface area contributed by atoms with Gasteiger partial charge in [0, 0.05) is 0 Å².